The van der Waals surface area contributed by atoms with Crippen molar-refractivity contribution >= 4 is 17.8 Å². The van der Waals surface area contributed by atoms with Crippen LogP contribution in [-0.4, -0.2) is 42.1 Å². The summed E-state index contributed by atoms with van der Waals surface area (Å²) in [5.41, 5.74) is 0.959. The highest BCUT2D eigenvalue weighted by Crippen LogP contribution is 2.12. The zero-order valence-corrected chi connectivity index (χ0v) is 14.2. The molecule has 0 aliphatic rings. The molecule has 1 unspecified atom stereocenters. The van der Waals surface area contributed by atoms with Crippen LogP contribution < -0.4 is 15.4 Å². The number of carboxylic acids is 1. The summed E-state index contributed by atoms with van der Waals surface area (Å²) in [4.78, 5) is 34.3. The van der Waals surface area contributed by atoms with E-state index in [4.69, 9.17) is 14.3 Å². The van der Waals surface area contributed by atoms with Gasteiger partial charge in [0, 0.05) is 6.54 Å². The van der Waals surface area contributed by atoms with Crippen LogP contribution in [0, 0.1) is 0 Å². The SMILES string of the molecule is CC(NC(=O)c1ccco1)C(=O)NCCc1ccc(OCC(=O)O)cc1. The summed E-state index contributed by atoms with van der Waals surface area (Å²) in [6.07, 6.45) is 1.97. The summed E-state index contributed by atoms with van der Waals surface area (Å²) in [6, 6.07) is 9.36. The number of ether oxygens (including phenoxy) is 1. The van der Waals surface area contributed by atoms with Gasteiger partial charge in [0.25, 0.3) is 5.91 Å². The number of rotatable bonds is 9. The van der Waals surface area contributed by atoms with Crippen molar-refractivity contribution in [1.82, 2.24) is 10.6 Å². The second kappa shape index (κ2) is 9.26. The molecule has 138 valence electrons. The molecule has 0 radical (unpaired) electrons. The van der Waals surface area contributed by atoms with Crippen LogP contribution in [0.3, 0.4) is 0 Å². The zero-order chi connectivity index (χ0) is 18.9. The highest BCUT2D eigenvalue weighted by atomic mass is 16.5. The van der Waals surface area contributed by atoms with E-state index in [1.165, 1.54) is 12.3 Å². The smallest absolute Gasteiger partial charge is 0.341 e. The number of benzene rings is 1. The van der Waals surface area contributed by atoms with Gasteiger partial charge in [0.15, 0.2) is 12.4 Å². The van der Waals surface area contributed by atoms with Crippen molar-refractivity contribution < 1.29 is 28.6 Å². The Labute approximate surface area is 150 Å². The Hall–Kier alpha value is -3.29. The van der Waals surface area contributed by atoms with Crippen molar-refractivity contribution in [2.45, 2.75) is 19.4 Å². The first kappa shape index (κ1) is 19.0. The first-order chi connectivity index (χ1) is 12.5. The summed E-state index contributed by atoms with van der Waals surface area (Å²) in [7, 11) is 0. The van der Waals surface area contributed by atoms with Crippen molar-refractivity contribution in [2.24, 2.45) is 0 Å². The molecule has 1 atom stereocenters. The van der Waals surface area contributed by atoms with E-state index in [2.05, 4.69) is 10.6 Å². The number of carboxylic acid groups (broad SMARTS) is 1. The molecule has 26 heavy (non-hydrogen) atoms. The van der Waals surface area contributed by atoms with Gasteiger partial charge in [0.1, 0.15) is 11.8 Å². The molecule has 2 amide bonds. The van der Waals surface area contributed by atoms with Crippen molar-refractivity contribution in [1.29, 1.82) is 0 Å². The first-order valence-corrected chi connectivity index (χ1v) is 8.01. The van der Waals surface area contributed by atoms with E-state index >= 15 is 0 Å². The average molecular weight is 360 g/mol. The highest BCUT2D eigenvalue weighted by Gasteiger charge is 2.17. The summed E-state index contributed by atoms with van der Waals surface area (Å²) in [6.45, 7) is 1.59. The zero-order valence-electron chi connectivity index (χ0n) is 14.2. The number of aliphatic carboxylic acids is 1. The molecular formula is C18H20N2O6. The molecule has 8 heteroatoms. The van der Waals surface area contributed by atoms with Crippen molar-refractivity contribution in [3.63, 3.8) is 0 Å². The van der Waals surface area contributed by atoms with Crippen molar-refractivity contribution in [3.8, 4) is 5.75 Å². The maximum absolute atomic E-state index is 12.0. The lowest BCUT2D eigenvalue weighted by Gasteiger charge is -2.13. The van der Waals surface area contributed by atoms with Crippen LogP contribution in [0.15, 0.2) is 47.1 Å². The van der Waals surface area contributed by atoms with Gasteiger partial charge >= 0.3 is 5.97 Å². The van der Waals surface area contributed by atoms with Gasteiger partial charge < -0.3 is 24.9 Å². The monoisotopic (exact) mass is 360 g/mol. The van der Waals surface area contributed by atoms with E-state index in [9.17, 15) is 14.4 Å². The molecule has 0 aliphatic heterocycles. The minimum absolute atomic E-state index is 0.148. The molecule has 0 aliphatic carbocycles. The number of hydrogen-bond donors (Lipinski definition) is 3. The maximum Gasteiger partial charge on any atom is 0.341 e. The van der Waals surface area contributed by atoms with Crippen LogP contribution in [0.1, 0.15) is 23.0 Å². The molecule has 3 N–H and O–H groups in total. The number of amides is 2. The summed E-state index contributed by atoms with van der Waals surface area (Å²) >= 11 is 0. The lowest BCUT2D eigenvalue weighted by molar-refractivity contribution is -0.139. The summed E-state index contributed by atoms with van der Waals surface area (Å²) in [5, 5.41) is 13.8. The van der Waals surface area contributed by atoms with Gasteiger partial charge in [-0.15, -0.1) is 0 Å². The largest absolute Gasteiger partial charge is 0.482 e. The van der Waals surface area contributed by atoms with Crippen LogP contribution in [0.2, 0.25) is 0 Å². The predicted molar refractivity (Wildman–Crippen MR) is 91.9 cm³/mol. The normalized spacial score (nSPS) is 11.4. The van der Waals surface area contributed by atoms with Crippen LogP contribution >= 0.6 is 0 Å². The molecule has 0 saturated heterocycles. The van der Waals surface area contributed by atoms with Crippen LogP contribution in [-0.2, 0) is 16.0 Å². The fourth-order valence-corrected chi connectivity index (χ4v) is 2.12. The van der Waals surface area contributed by atoms with Crippen LogP contribution in [0.4, 0.5) is 0 Å². The Kier molecular flexibility index (Phi) is 6.78. The third-order valence-corrected chi connectivity index (χ3v) is 3.48. The Balaban J connectivity index is 1.72. The van der Waals surface area contributed by atoms with Gasteiger partial charge in [-0.25, -0.2) is 4.79 Å². The predicted octanol–water partition coefficient (Wildman–Crippen LogP) is 1.22. The Morgan fingerprint density at radius 1 is 1.19 bits per heavy atom. The summed E-state index contributed by atoms with van der Waals surface area (Å²) in [5.74, 6) is -1.17. The van der Waals surface area contributed by atoms with Gasteiger partial charge in [-0.3, -0.25) is 9.59 Å². The molecule has 0 spiro atoms. The van der Waals surface area contributed by atoms with E-state index in [1.54, 1.807) is 37.3 Å². The van der Waals surface area contributed by atoms with Crippen molar-refractivity contribution in [2.75, 3.05) is 13.2 Å². The molecule has 1 aromatic heterocycles. The second-order valence-electron chi connectivity index (χ2n) is 5.54. The molecule has 0 bridgehead atoms. The first-order valence-electron chi connectivity index (χ1n) is 8.01. The minimum atomic E-state index is -1.04. The van der Waals surface area contributed by atoms with E-state index in [-0.39, 0.29) is 11.7 Å². The minimum Gasteiger partial charge on any atom is -0.482 e. The molecule has 2 aromatic rings. The topological polar surface area (TPSA) is 118 Å². The molecule has 8 nitrogen and oxygen atoms in total. The lowest BCUT2D eigenvalue weighted by Crippen LogP contribution is -2.45. The third-order valence-electron chi connectivity index (χ3n) is 3.48. The Morgan fingerprint density at radius 2 is 1.92 bits per heavy atom. The number of carbonyl (C=O) groups excluding carboxylic acids is 2. The van der Waals surface area contributed by atoms with Crippen LogP contribution in [0.5, 0.6) is 5.75 Å². The fourth-order valence-electron chi connectivity index (χ4n) is 2.12. The van der Waals surface area contributed by atoms with Crippen LogP contribution in [0.25, 0.3) is 0 Å². The quantitative estimate of drug-likeness (QED) is 0.619. The summed E-state index contributed by atoms with van der Waals surface area (Å²) < 4.78 is 10.0. The molecule has 0 saturated carbocycles. The van der Waals surface area contributed by atoms with Gasteiger partial charge in [0.05, 0.1) is 6.26 Å². The van der Waals surface area contributed by atoms with E-state index in [1.807, 2.05) is 0 Å². The van der Waals surface area contributed by atoms with Crippen molar-refractivity contribution in [3.05, 3.63) is 54.0 Å². The highest BCUT2D eigenvalue weighted by molar-refractivity contribution is 5.95. The molecule has 1 heterocycles. The third kappa shape index (κ3) is 5.97. The Bertz CT molecular complexity index is 740. The van der Waals surface area contributed by atoms with E-state index in [0.29, 0.717) is 18.7 Å². The number of hydrogen-bond acceptors (Lipinski definition) is 5. The number of furan rings is 1. The fraction of sp³-hybridized carbons (Fsp3) is 0.278. The maximum atomic E-state index is 12.0. The van der Waals surface area contributed by atoms with Gasteiger partial charge in [-0.1, -0.05) is 12.1 Å². The number of nitrogens with one attached hydrogen (secondary N) is 2. The van der Waals surface area contributed by atoms with Gasteiger partial charge in [0.2, 0.25) is 5.91 Å². The molecule has 2 rings (SSSR count). The van der Waals surface area contributed by atoms with E-state index in [0.717, 1.165) is 5.56 Å². The molecule has 0 fully saturated rings. The standard InChI is InChI=1S/C18H20N2O6/c1-12(20-18(24)15-3-2-10-25-15)17(23)19-9-8-13-4-6-14(7-5-13)26-11-16(21)22/h2-7,10,12H,8-9,11H2,1H3,(H,19,23)(H,20,24)(H,21,22). The molecule has 1 aromatic carbocycles. The van der Waals surface area contributed by atoms with Gasteiger partial charge in [-0.05, 0) is 43.2 Å². The average Bonchev–Trinajstić information content (AvgIpc) is 3.15. The lowest BCUT2D eigenvalue weighted by atomic mass is 10.1. The van der Waals surface area contributed by atoms with Gasteiger partial charge in [-0.2, -0.15) is 0 Å². The van der Waals surface area contributed by atoms with E-state index < -0.39 is 24.5 Å². The second-order valence-corrected chi connectivity index (χ2v) is 5.54. The molecular weight excluding hydrogens is 340 g/mol. The Morgan fingerprint density at radius 3 is 2.54 bits per heavy atom. The number of carbonyl (C=O) groups is 3.